The van der Waals surface area contributed by atoms with Gasteiger partial charge in [-0.05, 0) is 36.7 Å². The number of alkyl halides is 9. The smallest absolute Gasteiger partial charge is 0.422 e. The fourth-order valence-electron chi connectivity index (χ4n) is 1.11. The summed E-state index contributed by atoms with van der Waals surface area (Å²) in [5.74, 6) is -4.88. The molecule has 0 fully saturated rings. The number of allylic oxidation sites excluding steroid dienone is 1. The Hall–Kier alpha value is -1.77. The number of hydrogen-bond acceptors (Lipinski definition) is 5. The van der Waals surface area contributed by atoms with E-state index >= 15 is 0 Å². The van der Waals surface area contributed by atoms with E-state index in [2.05, 4.69) is 43.3 Å². The predicted molar refractivity (Wildman–Crippen MR) is 98.6 cm³/mol. The van der Waals surface area contributed by atoms with Crippen molar-refractivity contribution < 1.29 is 63.3 Å². The Morgan fingerprint density at radius 1 is 0.812 bits per heavy atom. The molecule has 0 heterocycles. The van der Waals surface area contributed by atoms with E-state index in [0.717, 1.165) is 0 Å². The van der Waals surface area contributed by atoms with E-state index in [1.807, 2.05) is 0 Å². The van der Waals surface area contributed by atoms with E-state index in [9.17, 15) is 49.1 Å². The first-order chi connectivity index (χ1) is 14.3. The zero-order valence-electron chi connectivity index (χ0n) is 17.1. The predicted octanol–water partition coefficient (Wildman–Crippen LogP) is 5.89. The van der Waals surface area contributed by atoms with Crippen molar-refractivity contribution in [1.82, 2.24) is 0 Å². The molecule has 0 aliphatic heterocycles. The van der Waals surface area contributed by atoms with Crippen LogP contribution in [0.15, 0.2) is 23.2 Å². The fourth-order valence-corrected chi connectivity index (χ4v) is 1.11. The molecule has 0 saturated heterocycles. The van der Waals surface area contributed by atoms with Crippen molar-refractivity contribution in [3.63, 3.8) is 0 Å². The summed E-state index contributed by atoms with van der Waals surface area (Å²) < 4.78 is 117. The van der Waals surface area contributed by atoms with E-state index in [4.69, 9.17) is 0 Å². The minimum absolute atomic E-state index is 0.0719. The lowest BCUT2D eigenvalue weighted by molar-refractivity contribution is -0.206. The van der Waals surface area contributed by atoms with Crippen LogP contribution in [0.2, 0.25) is 0 Å². The van der Waals surface area contributed by atoms with Crippen LogP contribution in [0.5, 0.6) is 0 Å². The van der Waals surface area contributed by atoms with Crippen LogP contribution in [0.25, 0.3) is 0 Å². The average Bonchev–Trinajstić information content (AvgIpc) is 2.60. The Bertz CT molecular complexity index is 599. The number of halogens is 10. The first-order valence-electron chi connectivity index (χ1n) is 8.43. The van der Waals surface area contributed by atoms with Gasteiger partial charge in [-0.3, -0.25) is 4.79 Å². The first kappa shape index (κ1) is 34.8. The second-order valence-corrected chi connectivity index (χ2v) is 6.06. The Morgan fingerprint density at radius 3 is 1.47 bits per heavy atom. The van der Waals surface area contributed by atoms with Crippen LogP contribution in [0.3, 0.4) is 0 Å². The van der Waals surface area contributed by atoms with Crippen molar-refractivity contribution in [3.8, 4) is 0 Å². The van der Waals surface area contributed by atoms with Crippen LogP contribution in [-0.4, -0.2) is 56.9 Å². The van der Waals surface area contributed by atoms with Crippen LogP contribution in [0.4, 0.5) is 39.5 Å². The molecule has 0 aliphatic rings. The molecule has 0 aliphatic carbocycles. The van der Waals surface area contributed by atoms with E-state index in [1.165, 1.54) is 13.8 Å². The van der Waals surface area contributed by atoms with Gasteiger partial charge in [0.15, 0.2) is 5.92 Å². The summed E-state index contributed by atoms with van der Waals surface area (Å²) in [5.41, 5.74) is -1.47. The summed E-state index contributed by atoms with van der Waals surface area (Å²) in [7, 11) is 0. The number of rotatable bonds is 7. The lowest BCUT2D eigenvalue weighted by atomic mass is 10.1. The standard InChI is InChI=1S/C8H13F3O3.C6H7F3O2.C3H2BrF3/c1-3-13-5-6(8(9,10)11)7(12)14-4-2;1-3-11-5(10)4(2)6(7,8)9;1-2(4)3(5,6)7/h6H,3-5H2,1-2H3;2-3H2,1H3;1H2. The topological polar surface area (TPSA) is 61.8 Å². The van der Waals surface area contributed by atoms with E-state index in [0.29, 0.717) is 0 Å². The Labute approximate surface area is 186 Å². The molecule has 0 saturated carbocycles. The zero-order valence-corrected chi connectivity index (χ0v) is 18.7. The molecule has 1 atom stereocenters. The maximum atomic E-state index is 12.2. The Balaban J connectivity index is -0.000000417. The number of carbonyl (C=O) groups excluding carboxylic acids is 2. The Kier molecular flexibility index (Phi) is 17.3. The van der Waals surface area contributed by atoms with Crippen LogP contribution < -0.4 is 0 Å². The fraction of sp³-hybridized carbons (Fsp3) is 0.647. The third-order valence-corrected chi connectivity index (χ3v) is 3.08. The number of ether oxygens (including phenoxy) is 3. The van der Waals surface area contributed by atoms with Crippen LogP contribution in [0.1, 0.15) is 20.8 Å². The third kappa shape index (κ3) is 17.9. The molecule has 0 amide bonds. The first-order valence-corrected chi connectivity index (χ1v) is 9.22. The molecule has 0 N–H and O–H groups in total. The van der Waals surface area contributed by atoms with Crippen molar-refractivity contribution in [2.24, 2.45) is 5.92 Å². The number of carbonyl (C=O) groups is 2. The molecule has 0 radical (unpaired) electrons. The highest BCUT2D eigenvalue weighted by Gasteiger charge is 2.46. The molecule has 0 bridgehead atoms. The zero-order chi connectivity index (χ0) is 26.3. The van der Waals surface area contributed by atoms with Gasteiger partial charge in [0.1, 0.15) is 5.57 Å². The van der Waals surface area contributed by atoms with Crippen molar-refractivity contribution in [3.05, 3.63) is 23.2 Å². The quantitative estimate of drug-likeness (QED) is 0.222. The summed E-state index contributed by atoms with van der Waals surface area (Å²) in [6.45, 7) is 8.87. The molecule has 15 heteroatoms. The maximum Gasteiger partial charge on any atom is 0.422 e. The molecule has 0 rings (SSSR count). The van der Waals surface area contributed by atoms with E-state index in [-0.39, 0.29) is 19.8 Å². The molecular weight excluding hydrogens is 535 g/mol. The summed E-state index contributed by atoms with van der Waals surface area (Å²) in [5, 5.41) is 0. The minimum Gasteiger partial charge on any atom is -0.465 e. The van der Waals surface area contributed by atoms with Crippen LogP contribution in [-0.2, 0) is 23.8 Å². The molecule has 190 valence electrons. The van der Waals surface area contributed by atoms with E-state index in [1.54, 1.807) is 6.92 Å². The molecule has 32 heavy (non-hydrogen) atoms. The highest BCUT2D eigenvalue weighted by molar-refractivity contribution is 9.11. The average molecular weight is 557 g/mol. The highest BCUT2D eigenvalue weighted by atomic mass is 79.9. The van der Waals surface area contributed by atoms with Crippen molar-refractivity contribution in [2.75, 3.05) is 26.4 Å². The Morgan fingerprint density at radius 2 is 1.22 bits per heavy atom. The lowest BCUT2D eigenvalue weighted by Crippen LogP contribution is -2.36. The van der Waals surface area contributed by atoms with Crippen molar-refractivity contribution in [2.45, 2.75) is 39.3 Å². The van der Waals surface area contributed by atoms with Gasteiger partial charge in [-0.15, -0.1) is 0 Å². The van der Waals surface area contributed by atoms with Crippen LogP contribution in [0, 0.1) is 5.92 Å². The van der Waals surface area contributed by atoms with Crippen LogP contribution >= 0.6 is 15.9 Å². The molecular formula is C17H22BrF9O5. The number of esters is 2. The van der Waals surface area contributed by atoms with Crippen molar-refractivity contribution >= 4 is 27.9 Å². The van der Waals surface area contributed by atoms with Gasteiger partial charge in [0.25, 0.3) is 0 Å². The molecule has 0 aromatic carbocycles. The van der Waals surface area contributed by atoms with Gasteiger partial charge in [-0.1, -0.05) is 13.2 Å². The largest absolute Gasteiger partial charge is 0.465 e. The third-order valence-electron chi connectivity index (χ3n) is 2.63. The second kappa shape index (κ2) is 15.9. The second-order valence-electron chi connectivity index (χ2n) is 5.11. The summed E-state index contributed by atoms with van der Waals surface area (Å²) in [4.78, 5) is 21.2. The summed E-state index contributed by atoms with van der Waals surface area (Å²) in [6, 6.07) is 0. The minimum atomic E-state index is -4.69. The van der Waals surface area contributed by atoms with Gasteiger partial charge in [0, 0.05) is 6.61 Å². The molecule has 0 aromatic rings. The van der Waals surface area contributed by atoms with Gasteiger partial charge in [-0.25, -0.2) is 4.79 Å². The summed E-state index contributed by atoms with van der Waals surface area (Å²) in [6.07, 6.45) is -13.6. The SMILES string of the molecule is C=C(Br)C(F)(F)F.C=C(C(=O)OCC)C(F)(F)F.CCOCC(C(=O)OCC)C(F)(F)F. The molecule has 0 aromatic heterocycles. The summed E-state index contributed by atoms with van der Waals surface area (Å²) >= 11 is 2.18. The maximum absolute atomic E-state index is 12.2. The van der Waals surface area contributed by atoms with Gasteiger partial charge in [-0.2, -0.15) is 39.5 Å². The van der Waals surface area contributed by atoms with Gasteiger partial charge in [0.2, 0.25) is 0 Å². The van der Waals surface area contributed by atoms with E-state index < -0.39 is 53.0 Å². The van der Waals surface area contributed by atoms with Gasteiger partial charge >= 0.3 is 30.5 Å². The van der Waals surface area contributed by atoms with Crippen molar-refractivity contribution in [1.29, 1.82) is 0 Å². The lowest BCUT2D eigenvalue weighted by Gasteiger charge is -2.17. The monoisotopic (exact) mass is 556 g/mol. The molecule has 5 nitrogen and oxygen atoms in total. The normalized spacial score (nSPS) is 12.3. The molecule has 1 unspecified atom stereocenters. The highest BCUT2D eigenvalue weighted by Crippen LogP contribution is 2.28. The van der Waals surface area contributed by atoms with Gasteiger partial charge < -0.3 is 14.2 Å². The van der Waals surface area contributed by atoms with Gasteiger partial charge in [0.05, 0.1) is 24.3 Å². The molecule has 0 spiro atoms. The number of hydrogen-bond donors (Lipinski definition) is 0.